The molecule has 0 saturated carbocycles. The second-order valence-corrected chi connectivity index (χ2v) is 8.91. The summed E-state index contributed by atoms with van der Waals surface area (Å²) in [5.74, 6) is 0.948. The number of carbonyl (C=O) groups is 2. The van der Waals surface area contributed by atoms with Crippen LogP contribution in [0.3, 0.4) is 0 Å². The molecule has 0 spiro atoms. The Balaban J connectivity index is 1.66. The van der Waals surface area contributed by atoms with Crippen molar-refractivity contribution in [3.8, 4) is 0 Å². The van der Waals surface area contributed by atoms with E-state index in [1.807, 2.05) is 36.9 Å². The second-order valence-electron chi connectivity index (χ2n) is 7.97. The van der Waals surface area contributed by atoms with Gasteiger partial charge in [-0.05, 0) is 50.3 Å². The number of hydrogen-bond acceptors (Lipinski definition) is 5. The number of benzene rings is 1. The molecule has 154 valence electrons. The maximum Gasteiger partial charge on any atom is 0.255 e. The summed E-state index contributed by atoms with van der Waals surface area (Å²) < 4.78 is 0. The van der Waals surface area contributed by atoms with Crippen LogP contribution in [0.25, 0.3) is 0 Å². The predicted octanol–water partition coefficient (Wildman–Crippen LogP) is 3.94. The fourth-order valence-electron chi connectivity index (χ4n) is 3.85. The van der Waals surface area contributed by atoms with E-state index < -0.39 is 0 Å². The molecule has 3 rings (SSSR count). The van der Waals surface area contributed by atoms with Gasteiger partial charge in [-0.25, -0.2) is 9.97 Å². The van der Waals surface area contributed by atoms with Gasteiger partial charge in [-0.1, -0.05) is 37.7 Å². The molecule has 1 aromatic heterocycles. The van der Waals surface area contributed by atoms with Gasteiger partial charge in [0.2, 0.25) is 5.91 Å². The van der Waals surface area contributed by atoms with Crippen LogP contribution in [0, 0.1) is 25.7 Å². The third-order valence-electron chi connectivity index (χ3n) is 4.88. The molecule has 1 N–H and O–H groups in total. The molecule has 1 aliphatic rings. The van der Waals surface area contributed by atoms with Crippen molar-refractivity contribution in [2.24, 2.45) is 11.8 Å². The lowest BCUT2D eigenvalue weighted by Gasteiger charge is -2.35. The summed E-state index contributed by atoms with van der Waals surface area (Å²) in [5.41, 5.74) is 2.84. The normalized spacial score (nSPS) is 19.1. The maximum absolute atomic E-state index is 13.1. The van der Waals surface area contributed by atoms with Crippen molar-refractivity contribution in [1.29, 1.82) is 0 Å². The number of thioether (sulfide) groups is 1. The first-order valence-electron chi connectivity index (χ1n) is 9.95. The Bertz CT molecular complexity index is 872. The number of aromatic nitrogens is 2. The lowest BCUT2D eigenvalue weighted by molar-refractivity contribution is -0.113. The Morgan fingerprint density at radius 3 is 2.38 bits per heavy atom. The van der Waals surface area contributed by atoms with Crippen LogP contribution in [-0.2, 0) is 4.79 Å². The van der Waals surface area contributed by atoms with Gasteiger partial charge < -0.3 is 10.2 Å². The Kier molecular flexibility index (Phi) is 6.90. The van der Waals surface area contributed by atoms with Crippen LogP contribution in [0.2, 0.25) is 0 Å². The van der Waals surface area contributed by atoms with Crippen molar-refractivity contribution in [1.82, 2.24) is 14.9 Å². The molecule has 1 fully saturated rings. The zero-order valence-electron chi connectivity index (χ0n) is 17.4. The van der Waals surface area contributed by atoms with Crippen LogP contribution in [0.5, 0.6) is 0 Å². The third kappa shape index (κ3) is 5.79. The van der Waals surface area contributed by atoms with Crippen LogP contribution in [-0.4, -0.2) is 45.5 Å². The molecule has 0 aliphatic carbocycles. The van der Waals surface area contributed by atoms with Crippen LogP contribution in [0.15, 0.2) is 35.5 Å². The van der Waals surface area contributed by atoms with Gasteiger partial charge in [0.05, 0.1) is 17.0 Å². The van der Waals surface area contributed by atoms with E-state index >= 15 is 0 Å². The van der Waals surface area contributed by atoms with Gasteiger partial charge in [0.25, 0.3) is 5.91 Å². The number of para-hydroxylation sites is 1. The maximum atomic E-state index is 13.1. The first kappa shape index (κ1) is 21.3. The molecule has 1 aromatic carbocycles. The molecule has 2 atom stereocenters. The molecule has 1 saturated heterocycles. The number of rotatable bonds is 5. The van der Waals surface area contributed by atoms with Gasteiger partial charge in [0.15, 0.2) is 5.16 Å². The Morgan fingerprint density at radius 2 is 1.72 bits per heavy atom. The SMILES string of the molecule is Cc1cc(C)nc(SCC(=O)Nc2ccccc2C(=O)N2C[C@@H](C)C[C@H](C)C2)n1. The Hall–Kier alpha value is -2.41. The summed E-state index contributed by atoms with van der Waals surface area (Å²) >= 11 is 1.29. The van der Waals surface area contributed by atoms with Gasteiger partial charge in [0, 0.05) is 24.5 Å². The highest BCUT2D eigenvalue weighted by Gasteiger charge is 2.27. The summed E-state index contributed by atoms with van der Waals surface area (Å²) in [6, 6.07) is 9.11. The zero-order chi connectivity index (χ0) is 21.0. The fraction of sp³-hybridized carbons (Fsp3) is 0.455. The number of aryl methyl sites for hydroxylation is 2. The molecular weight excluding hydrogens is 384 g/mol. The van der Waals surface area contributed by atoms with E-state index in [-0.39, 0.29) is 17.6 Å². The number of hydrogen-bond donors (Lipinski definition) is 1. The topological polar surface area (TPSA) is 75.2 Å². The van der Waals surface area contributed by atoms with Gasteiger partial charge >= 0.3 is 0 Å². The highest BCUT2D eigenvalue weighted by Crippen LogP contribution is 2.25. The van der Waals surface area contributed by atoms with Crippen molar-refractivity contribution in [2.75, 3.05) is 24.2 Å². The lowest BCUT2D eigenvalue weighted by atomic mass is 9.91. The molecule has 2 heterocycles. The highest BCUT2D eigenvalue weighted by atomic mass is 32.2. The molecular formula is C22H28N4O2S. The summed E-state index contributed by atoms with van der Waals surface area (Å²) in [5, 5.41) is 3.47. The van der Waals surface area contributed by atoms with E-state index in [1.165, 1.54) is 11.8 Å². The van der Waals surface area contributed by atoms with Crippen LogP contribution in [0.4, 0.5) is 5.69 Å². The number of nitrogens with one attached hydrogen (secondary N) is 1. The number of nitrogens with zero attached hydrogens (tertiary/aromatic N) is 3. The number of likely N-dealkylation sites (tertiary alicyclic amines) is 1. The minimum absolute atomic E-state index is 0.0235. The standard InChI is InChI=1S/C22H28N4O2S/c1-14-9-15(2)12-26(11-14)21(28)18-7-5-6-8-19(18)25-20(27)13-29-22-23-16(3)10-17(4)24-22/h5-8,10,14-15H,9,11-13H2,1-4H3,(H,25,27)/t14-,15-/m0/s1. The average molecular weight is 413 g/mol. The highest BCUT2D eigenvalue weighted by molar-refractivity contribution is 7.99. The minimum atomic E-state index is -0.182. The molecule has 0 radical (unpaired) electrons. The predicted molar refractivity (Wildman–Crippen MR) is 116 cm³/mol. The Morgan fingerprint density at radius 1 is 1.10 bits per heavy atom. The third-order valence-corrected chi connectivity index (χ3v) is 5.73. The van der Waals surface area contributed by atoms with E-state index in [4.69, 9.17) is 0 Å². The quantitative estimate of drug-likeness (QED) is 0.595. The molecule has 7 heteroatoms. The van der Waals surface area contributed by atoms with Crippen LogP contribution in [0.1, 0.15) is 42.0 Å². The van der Waals surface area contributed by atoms with Gasteiger partial charge in [-0.3, -0.25) is 9.59 Å². The van der Waals surface area contributed by atoms with Gasteiger partial charge in [-0.2, -0.15) is 0 Å². The van der Waals surface area contributed by atoms with E-state index in [0.29, 0.717) is 28.2 Å². The van der Waals surface area contributed by atoms with E-state index in [9.17, 15) is 9.59 Å². The first-order valence-corrected chi connectivity index (χ1v) is 10.9. The summed E-state index contributed by atoms with van der Waals surface area (Å²) in [6.45, 7) is 9.68. The van der Waals surface area contributed by atoms with Crippen molar-refractivity contribution < 1.29 is 9.59 Å². The van der Waals surface area contributed by atoms with Crippen molar-refractivity contribution >= 4 is 29.3 Å². The second kappa shape index (κ2) is 9.39. The van der Waals surface area contributed by atoms with E-state index in [2.05, 4.69) is 29.1 Å². The fourth-order valence-corrected chi connectivity index (χ4v) is 4.60. The molecule has 0 bridgehead atoms. The van der Waals surface area contributed by atoms with Crippen LogP contribution < -0.4 is 5.32 Å². The summed E-state index contributed by atoms with van der Waals surface area (Å²) in [7, 11) is 0. The van der Waals surface area contributed by atoms with Crippen molar-refractivity contribution in [3.63, 3.8) is 0 Å². The van der Waals surface area contributed by atoms with Crippen molar-refractivity contribution in [3.05, 3.63) is 47.3 Å². The van der Waals surface area contributed by atoms with Gasteiger partial charge in [0.1, 0.15) is 0 Å². The molecule has 6 nitrogen and oxygen atoms in total. The summed E-state index contributed by atoms with van der Waals surface area (Å²) in [4.78, 5) is 36.2. The van der Waals surface area contributed by atoms with Crippen molar-refractivity contribution in [2.45, 2.75) is 39.3 Å². The first-order chi connectivity index (χ1) is 13.8. The number of piperidine rings is 1. The molecule has 2 amide bonds. The molecule has 1 aliphatic heterocycles. The molecule has 0 unspecified atom stereocenters. The monoisotopic (exact) mass is 412 g/mol. The molecule has 2 aromatic rings. The minimum Gasteiger partial charge on any atom is -0.338 e. The summed E-state index contributed by atoms with van der Waals surface area (Å²) in [6.07, 6.45) is 1.14. The Labute approximate surface area is 176 Å². The number of carbonyl (C=O) groups excluding carboxylic acids is 2. The van der Waals surface area contributed by atoms with E-state index in [0.717, 1.165) is 30.9 Å². The lowest BCUT2D eigenvalue weighted by Crippen LogP contribution is -2.42. The average Bonchev–Trinajstić information content (AvgIpc) is 2.65. The smallest absolute Gasteiger partial charge is 0.255 e. The van der Waals surface area contributed by atoms with Gasteiger partial charge in [-0.15, -0.1) is 0 Å². The van der Waals surface area contributed by atoms with Crippen LogP contribution >= 0.6 is 11.8 Å². The number of anilines is 1. The largest absolute Gasteiger partial charge is 0.338 e. The number of amides is 2. The molecule has 29 heavy (non-hydrogen) atoms. The zero-order valence-corrected chi connectivity index (χ0v) is 18.3. The van der Waals surface area contributed by atoms with E-state index in [1.54, 1.807) is 12.1 Å².